The molecule has 0 radical (unpaired) electrons. The Morgan fingerprint density at radius 2 is 1.80 bits per heavy atom. The van der Waals surface area contributed by atoms with Gasteiger partial charge in [-0.25, -0.2) is 13.1 Å². The van der Waals surface area contributed by atoms with Crippen molar-refractivity contribution in [2.45, 2.75) is 55.9 Å². The first-order valence-corrected chi connectivity index (χ1v) is 8.67. The quantitative estimate of drug-likeness (QED) is 0.844. The lowest BCUT2D eigenvalue weighted by Crippen LogP contribution is -2.49. The van der Waals surface area contributed by atoms with Crippen LogP contribution in [0.4, 0.5) is 0 Å². The molecule has 1 saturated carbocycles. The lowest BCUT2D eigenvalue weighted by molar-refractivity contribution is 0.271. The van der Waals surface area contributed by atoms with Crippen LogP contribution in [-0.2, 0) is 10.0 Å². The van der Waals surface area contributed by atoms with Crippen molar-refractivity contribution in [3.8, 4) is 0 Å². The molecule has 0 heterocycles. The third-order valence-corrected chi connectivity index (χ3v) is 5.62. The van der Waals surface area contributed by atoms with Crippen LogP contribution in [-0.4, -0.2) is 14.0 Å². The normalized spacial score (nSPS) is 18.6. The van der Waals surface area contributed by atoms with Gasteiger partial charge in [-0.1, -0.05) is 43.0 Å². The first kappa shape index (κ1) is 15.3. The van der Waals surface area contributed by atoms with E-state index in [1.54, 1.807) is 12.1 Å². The molecular weight excluding hydrogens is 270 g/mol. The molecule has 0 atom stereocenters. The lowest BCUT2D eigenvalue weighted by atomic mass is 9.80. The van der Waals surface area contributed by atoms with Crippen LogP contribution >= 0.6 is 0 Å². The maximum absolute atomic E-state index is 12.5. The zero-order valence-corrected chi connectivity index (χ0v) is 12.9. The Bertz CT molecular complexity index is 555. The van der Waals surface area contributed by atoms with Crippen molar-refractivity contribution >= 4 is 10.0 Å². The Kier molecular flexibility index (Phi) is 4.66. The Labute approximate surface area is 122 Å². The van der Waals surface area contributed by atoms with Crippen molar-refractivity contribution in [1.82, 2.24) is 4.72 Å². The summed E-state index contributed by atoms with van der Waals surface area (Å²) in [6, 6.07) is 7.00. The monoisotopic (exact) mass is 293 g/mol. The first-order chi connectivity index (χ1) is 9.47. The third kappa shape index (κ3) is 3.49. The Morgan fingerprint density at radius 1 is 1.20 bits per heavy atom. The van der Waals surface area contributed by atoms with Crippen molar-refractivity contribution in [2.24, 2.45) is 0 Å². The summed E-state index contributed by atoms with van der Waals surface area (Å²) in [7, 11) is -3.46. The molecule has 3 nitrogen and oxygen atoms in total. The second-order valence-electron chi connectivity index (χ2n) is 5.75. The maximum atomic E-state index is 12.5. The van der Waals surface area contributed by atoms with Gasteiger partial charge in [0.2, 0.25) is 10.0 Å². The van der Waals surface area contributed by atoms with E-state index in [0.29, 0.717) is 11.3 Å². The molecule has 0 aliphatic heterocycles. The van der Waals surface area contributed by atoms with Gasteiger partial charge in [-0.3, -0.25) is 0 Å². The summed E-state index contributed by atoms with van der Waals surface area (Å²) in [5, 5.41) is 0. The maximum Gasteiger partial charge on any atom is 0.241 e. The van der Waals surface area contributed by atoms with E-state index in [-0.39, 0.29) is 5.54 Å². The molecule has 1 aliphatic rings. The molecule has 1 aromatic carbocycles. The molecule has 0 unspecified atom stereocenters. The highest BCUT2D eigenvalue weighted by Crippen LogP contribution is 2.32. The minimum Gasteiger partial charge on any atom is -0.207 e. The average molecular weight is 293 g/mol. The zero-order valence-electron chi connectivity index (χ0n) is 12.1. The van der Waals surface area contributed by atoms with Gasteiger partial charge in [0.15, 0.2) is 0 Å². The van der Waals surface area contributed by atoms with Gasteiger partial charge >= 0.3 is 0 Å². The number of benzene rings is 1. The number of hydrogen-bond donors (Lipinski definition) is 1. The molecule has 0 amide bonds. The number of sulfonamides is 1. The number of hydrogen-bond acceptors (Lipinski definition) is 2. The highest BCUT2D eigenvalue weighted by Gasteiger charge is 2.35. The van der Waals surface area contributed by atoms with Crippen molar-refractivity contribution in [3.63, 3.8) is 0 Å². The largest absolute Gasteiger partial charge is 0.241 e. The molecule has 0 aromatic heterocycles. The molecule has 4 heteroatoms. The second-order valence-corrected chi connectivity index (χ2v) is 7.43. The van der Waals surface area contributed by atoms with E-state index in [2.05, 4.69) is 11.3 Å². The lowest BCUT2D eigenvalue weighted by Gasteiger charge is -2.37. The van der Waals surface area contributed by atoms with Gasteiger partial charge in [0, 0.05) is 5.54 Å². The predicted molar refractivity (Wildman–Crippen MR) is 82.1 cm³/mol. The zero-order chi connectivity index (χ0) is 14.6. The third-order valence-electron chi connectivity index (χ3n) is 4.03. The molecule has 1 N–H and O–H groups in total. The molecule has 0 spiro atoms. The topological polar surface area (TPSA) is 46.2 Å². The van der Waals surface area contributed by atoms with Gasteiger partial charge in [-0.05, 0) is 38.3 Å². The summed E-state index contributed by atoms with van der Waals surface area (Å²) in [5.74, 6) is 0. The highest BCUT2D eigenvalue weighted by molar-refractivity contribution is 7.89. The first-order valence-electron chi connectivity index (χ1n) is 7.19. The van der Waals surface area contributed by atoms with Crippen molar-refractivity contribution < 1.29 is 8.42 Å². The van der Waals surface area contributed by atoms with E-state index in [9.17, 15) is 8.42 Å². The summed E-state index contributed by atoms with van der Waals surface area (Å²) in [5.41, 5.74) is 0.714. The van der Waals surface area contributed by atoms with E-state index in [4.69, 9.17) is 0 Å². The van der Waals surface area contributed by atoms with Crippen LogP contribution < -0.4 is 4.72 Å². The molecule has 1 aromatic rings. The standard InChI is InChI=1S/C16H23NO2S/c1-3-11-16(12-5-4-6-13-16)17-20(18,19)15-9-7-14(2)8-10-15/h3,7-10,17H,1,4-6,11-13H2,2H3. The fourth-order valence-electron chi connectivity index (χ4n) is 2.91. The van der Waals surface area contributed by atoms with Crippen LogP contribution in [0.1, 0.15) is 44.1 Å². The van der Waals surface area contributed by atoms with Crippen LogP contribution in [0.3, 0.4) is 0 Å². The van der Waals surface area contributed by atoms with E-state index in [1.807, 2.05) is 25.1 Å². The van der Waals surface area contributed by atoms with Crippen LogP contribution in [0.15, 0.2) is 41.8 Å². The van der Waals surface area contributed by atoms with Gasteiger partial charge in [-0.2, -0.15) is 0 Å². The second kappa shape index (κ2) is 6.10. The summed E-state index contributed by atoms with van der Waals surface area (Å²) in [6.07, 6.45) is 7.63. The Morgan fingerprint density at radius 3 is 2.35 bits per heavy atom. The molecule has 20 heavy (non-hydrogen) atoms. The summed E-state index contributed by atoms with van der Waals surface area (Å²) in [4.78, 5) is 0.345. The van der Waals surface area contributed by atoms with Gasteiger partial charge in [-0.15, -0.1) is 6.58 Å². The number of rotatable bonds is 5. The number of nitrogens with one attached hydrogen (secondary N) is 1. The molecule has 0 bridgehead atoms. The van der Waals surface area contributed by atoms with Crippen molar-refractivity contribution in [1.29, 1.82) is 0 Å². The summed E-state index contributed by atoms with van der Waals surface area (Å²) in [6.45, 7) is 5.73. The minimum atomic E-state index is -3.46. The fraction of sp³-hybridized carbons (Fsp3) is 0.500. The van der Waals surface area contributed by atoms with Gasteiger partial charge in [0.1, 0.15) is 0 Å². The van der Waals surface area contributed by atoms with Crippen molar-refractivity contribution in [3.05, 3.63) is 42.5 Å². The van der Waals surface area contributed by atoms with Crippen LogP contribution in [0, 0.1) is 6.92 Å². The van der Waals surface area contributed by atoms with Gasteiger partial charge in [0.05, 0.1) is 4.90 Å². The van der Waals surface area contributed by atoms with Crippen LogP contribution in [0.5, 0.6) is 0 Å². The molecule has 110 valence electrons. The molecule has 1 aliphatic carbocycles. The summed E-state index contributed by atoms with van der Waals surface area (Å²) >= 11 is 0. The Hall–Kier alpha value is -1.13. The predicted octanol–water partition coefficient (Wildman–Crippen LogP) is 3.55. The van der Waals surface area contributed by atoms with E-state index < -0.39 is 10.0 Å². The molecule has 0 saturated heterocycles. The smallest absolute Gasteiger partial charge is 0.207 e. The minimum absolute atomic E-state index is 0.344. The average Bonchev–Trinajstić information content (AvgIpc) is 2.39. The van der Waals surface area contributed by atoms with E-state index in [0.717, 1.165) is 31.2 Å². The highest BCUT2D eigenvalue weighted by atomic mass is 32.2. The van der Waals surface area contributed by atoms with Gasteiger partial charge in [0.25, 0.3) is 0 Å². The molecule has 1 fully saturated rings. The summed E-state index contributed by atoms with van der Waals surface area (Å²) < 4.78 is 28.0. The van der Waals surface area contributed by atoms with Crippen LogP contribution in [0.25, 0.3) is 0 Å². The molecule has 2 rings (SSSR count). The van der Waals surface area contributed by atoms with E-state index in [1.165, 1.54) is 6.42 Å². The number of aryl methyl sites for hydroxylation is 1. The fourth-order valence-corrected chi connectivity index (χ4v) is 4.38. The van der Waals surface area contributed by atoms with Gasteiger partial charge < -0.3 is 0 Å². The molecular formula is C16H23NO2S. The van der Waals surface area contributed by atoms with E-state index >= 15 is 0 Å². The Balaban J connectivity index is 2.24. The van der Waals surface area contributed by atoms with Crippen molar-refractivity contribution in [2.75, 3.05) is 0 Å². The van der Waals surface area contributed by atoms with Crippen LogP contribution in [0.2, 0.25) is 0 Å². The SMILES string of the molecule is C=CCC1(NS(=O)(=O)c2ccc(C)cc2)CCCCC1.